The highest BCUT2D eigenvalue weighted by molar-refractivity contribution is 7.89. The Bertz CT molecular complexity index is 520. The molecule has 6 nitrogen and oxygen atoms in total. The molecule has 1 fully saturated rings. The van der Waals surface area contributed by atoms with Crippen molar-refractivity contribution in [2.24, 2.45) is 0 Å². The lowest BCUT2D eigenvalue weighted by atomic mass is 10.2. The van der Waals surface area contributed by atoms with Crippen LogP contribution in [-0.2, 0) is 14.8 Å². The summed E-state index contributed by atoms with van der Waals surface area (Å²) < 4.78 is 31.3. The normalized spacial score (nSPS) is 24.7. The van der Waals surface area contributed by atoms with Gasteiger partial charge < -0.3 is 4.74 Å². The Kier molecular flexibility index (Phi) is 3.86. The highest BCUT2D eigenvalue weighted by atomic mass is 35.5. The summed E-state index contributed by atoms with van der Waals surface area (Å²) in [4.78, 5) is 7.42. The molecule has 0 aromatic carbocycles. The third-order valence-corrected chi connectivity index (χ3v) is 5.11. The van der Waals surface area contributed by atoms with Crippen LogP contribution in [0.4, 0.5) is 0 Å². The minimum atomic E-state index is -3.60. The second-order valence-corrected chi connectivity index (χ2v) is 6.48. The zero-order valence-electron chi connectivity index (χ0n) is 10.1. The van der Waals surface area contributed by atoms with Crippen molar-refractivity contribution < 1.29 is 13.2 Å². The molecular weight excluding hydrogens is 278 g/mol. The third kappa shape index (κ3) is 2.49. The van der Waals surface area contributed by atoms with Crippen LogP contribution in [0, 0.1) is 0 Å². The molecule has 0 radical (unpaired) electrons. The van der Waals surface area contributed by atoms with Gasteiger partial charge in [-0.3, -0.25) is 0 Å². The lowest BCUT2D eigenvalue weighted by Crippen LogP contribution is -2.41. The minimum absolute atomic E-state index is 0.0224. The average Bonchev–Trinajstić information content (AvgIpc) is 2.75. The molecule has 1 aromatic rings. The van der Waals surface area contributed by atoms with E-state index in [4.69, 9.17) is 16.3 Å². The SMILES string of the molecule is CC1OCCC1N(C)S(=O)(=O)c1cnc(Cl)nc1. The van der Waals surface area contributed by atoms with Crippen molar-refractivity contribution in [1.82, 2.24) is 14.3 Å². The molecule has 1 aliphatic heterocycles. The number of sulfonamides is 1. The summed E-state index contributed by atoms with van der Waals surface area (Å²) in [6.45, 7) is 2.44. The highest BCUT2D eigenvalue weighted by Gasteiger charge is 2.35. The molecule has 2 rings (SSSR count). The van der Waals surface area contributed by atoms with Gasteiger partial charge in [0, 0.05) is 13.7 Å². The molecule has 1 aliphatic rings. The minimum Gasteiger partial charge on any atom is -0.377 e. The Morgan fingerprint density at radius 1 is 1.44 bits per heavy atom. The first kappa shape index (κ1) is 13.7. The molecule has 0 amide bonds. The summed E-state index contributed by atoms with van der Waals surface area (Å²) in [7, 11) is -2.06. The summed E-state index contributed by atoms with van der Waals surface area (Å²) in [6.07, 6.45) is 2.99. The molecule has 2 unspecified atom stereocenters. The number of hydrogen-bond acceptors (Lipinski definition) is 5. The van der Waals surface area contributed by atoms with Gasteiger partial charge in [0.15, 0.2) is 0 Å². The van der Waals surface area contributed by atoms with Gasteiger partial charge in [0.05, 0.1) is 24.5 Å². The van der Waals surface area contributed by atoms with E-state index in [2.05, 4.69) is 9.97 Å². The smallest absolute Gasteiger partial charge is 0.246 e. The van der Waals surface area contributed by atoms with Gasteiger partial charge in [-0.2, -0.15) is 4.31 Å². The summed E-state index contributed by atoms with van der Waals surface area (Å²) in [5, 5.41) is 0.0224. The topological polar surface area (TPSA) is 72.4 Å². The number of hydrogen-bond donors (Lipinski definition) is 0. The number of aromatic nitrogens is 2. The molecule has 0 saturated carbocycles. The number of halogens is 1. The first-order valence-electron chi connectivity index (χ1n) is 5.50. The summed E-state index contributed by atoms with van der Waals surface area (Å²) in [5.74, 6) is 0. The molecule has 18 heavy (non-hydrogen) atoms. The molecule has 0 bridgehead atoms. The van der Waals surface area contributed by atoms with Gasteiger partial charge >= 0.3 is 0 Å². The highest BCUT2D eigenvalue weighted by Crippen LogP contribution is 2.24. The van der Waals surface area contributed by atoms with Gasteiger partial charge in [-0.1, -0.05) is 0 Å². The van der Waals surface area contributed by atoms with E-state index < -0.39 is 10.0 Å². The fourth-order valence-corrected chi connectivity index (χ4v) is 3.41. The van der Waals surface area contributed by atoms with Crippen LogP contribution in [0.3, 0.4) is 0 Å². The maximum atomic E-state index is 12.3. The maximum Gasteiger partial charge on any atom is 0.246 e. The van der Waals surface area contributed by atoms with Crippen molar-refractivity contribution in [2.45, 2.75) is 30.4 Å². The fourth-order valence-electron chi connectivity index (χ4n) is 1.98. The number of likely N-dealkylation sites (N-methyl/N-ethyl adjacent to an activating group) is 1. The Hall–Kier alpha value is -0.760. The summed E-state index contributed by atoms with van der Waals surface area (Å²) in [6, 6.07) is -0.161. The van der Waals surface area contributed by atoms with Crippen molar-refractivity contribution in [3.63, 3.8) is 0 Å². The Labute approximate surface area is 111 Å². The van der Waals surface area contributed by atoms with E-state index in [1.807, 2.05) is 6.92 Å². The zero-order valence-corrected chi connectivity index (χ0v) is 11.6. The van der Waals surface area contributed by atoms with Crippen molar-refractivity contribution in [2.75, 3.05) is 13.7 Å². The van der Waals surface area contributed by atoms with E-state index in [1.54, 1.807) is 7.05 Å². The lowest BCUT2D eigenvalue weighted by Gasteiger charge is -2.25. The molecule has 100 valence electrons. The number of nitrogens with zero attached hydrogens (tertiary/aromatic N) is 3. The van der Waals surface area contributed by atoms with Gasteiger partial charge in [-0.15, -0.1) is 0 Å². The van der Waals surface area contributed by atoms with Crippen LogP contribution in [-0.4, -0.2) is 48.5 Å². The average molecular weight is 292 g/mol. The molecule has 0 aliphatic carbocycles. The van der Waals surface area contributed by atoms with Crippen LogP contribution in [0.1, 0.15) is 13.3 Å². The quantitative estimate of drug-likeness (QED) is 0.775. The summed E-state index contributed by atoms with van der Waals surface area (Å²) >= 11 is 5.54. The van der Waals surface area contributed by atoms with Gasteiger partial charge in [0.2, 0.25) is 15.3 Å². The Morgan fingerprint density at radius 2 is 2.06 bits per heavy atom. The first-order chi connectivity index (χ1) is 8.43. The Morgan fingerprint density at radius 3 is 2.56 bits per heavy atom. The molecular formula is C10H14ClN3O3S. The Balaban J connectivity index is 2.28. The second-order valence-electron chi connectivity index (χ2n) is 4.14. The molecule has 8 heteroatoms. The standard InChI is InChI=1S/C10H14ClN3O3S/c1-7-9(3-4-17-7)14(2)18(15,16)8-5-12-10(11)13-6-8/h5-7,9H,3-4H2,1-2H3. The van der Waals surface area contributed by atoms with E-state index in [1.165, 1.54) is 16.7 Å². The van der Waals surface area contributed by atoms with Gasteiger partial charge in [0.1, 0.15) is 4.90 Å². The van der Waals surface area contributed by atoms with Gasteiger partial charge in [0.25, 0.3) is 0 Å². The van der Waals surface area contributed by atoms with Crippen LogP contribution < -0.4 is 0 Å². The van der Waals surface area contributed by atoms with Crippen LogP contribution in [0.15, 0.2) is 17.3 Å². The molecule has 1 saturated heterocycles. The molecule has 2 heterocycles. The lowest BCUT2D eigenvalue weighted by molar-refractivity contribution is 0.102. The fraction of sp³-hybridized carbons (Fsp3) is 0.600. The largest absolute Gasteiger partial charge is 0.377 e. The van der Waals surface area contributed by atoms with Gasteiger partial charge in [-0.25, -0.2) is 18.4 Å². The van der Waals surface area contributed by atoms with Crippen molar-refractivity contribution in [3.05, 3.63) is 17.7 Å². The third-order valence-electron chi connectivity index (χ3n) is 3.08. The van der Waals surface area contributed by atoms with Crippen molar-refractivity contribution >= 4 is 21.6 Å². The van der Waals surface area contributed by atoms with E-state index in [9.17, 15) is 8.42 Å². The van der Waals surface area contributed by atoms with Crippen molar-refractivity contribution in [1.29, 1.82) is 0 Å². The molecule has 0 N–H and O–H groups in total. The monoisotopic (exact) mass is 291 g/mol. The van der Waals surface area contributed by atoms with Crippen LogP contribution in [0.5, 0.6) is 0 Å². The van der Waals surface area contributed by atoms with Gasteiger partial charge in [-0.05, 0) is 24.9 Å². The van der Waals surface area contributed by atoms with Crippen molar-refractivity contribution in [3.8, 4) is 0 Å². The number of rotatable bonds is 3. The van der Waals surface area contributed by atoms with E-state index in [0.29, 0.717) is 13.0 Å². The summed E-state index contributed by atoms with van der Waals surface area (Å²) in [5.41, 5.74) is 0. The van der Waals surface area contributed by atoms with Crippen LogP contribution >= 0.6 is 11.6 Å². The molecule has 1 aromatic heterocycles. The predicted molar refractivity (Wildman–Crippen MR) is 65.8 cm³/mol. The van der Waals surface area contributed by atoms with E-state index >= 15 is 0 Å². The zero-order chi connectivity index (χ0) is 13.3. The van der Waals surface area contributed by atoms with E-state index in [0.717, 1.165) is 0 Å². The second kappa shape index (κ2) is 5.08. The first-order valence-corrected chi connectivity index (χ1v) is 7.32. The van der Waals surface area contributed by atoms with Crippen LogP contribution in [0.25, 0.3) is 0 Å². The predicted octanol–water partition coefficient (Wildman–Crippen LogP) is 0.928. The number of ether oxygens (including phenoxy) is 1. The molecule has 0 spiro atoms. The molecule has 2 atom stereocenters. The van der Waals surface area contributed by atoms with E-state index in [-0.39, 0.29) is 22.3 Å². The van der Waals surface area contributed by atoms with Crippen LogP contribution in [0.2, 0.25) is 5.28 Å². The maximum absolute atomic E-state index is 12.3.